The molecule has 0 amide bonds. The Morgan fingerprint density at radius 1 is 0.971 bits per heavy atom. The van der Waals surface area contributed by atoms with Gasteiger partial charge in [0.25, 0.3) is 0 Å². The number of benzene rings is 1. The smallest absolute Gasteiger partial charge is 0.225 e. The Kier molecular flexibility index (Phi) is 7.97. The summed E-state index contributed by atoms with van der Waals surface area (Å²) in [6.45, 7) is 9.42. The summed E-state index contributed by atoms with van der Waals surface area (Å²) in [7, 11) is 2.21. The van der Waals surface area contributed by atoms with Crippen molar-refractivity contribution in [2.24, 2.45) is 0 Å². The predicted molar refractivity (Wildman–Crippen MR) is 137 cm³/mol. The highest BCUT2D eigenvalue weighted by molar-refractivity contribution is 6.30. The van der Waals surface area contributed by atoms with E-state index in [1.807, 2.05) is 30.6 Å². The van der Waals surface area contributed by atoms with Crippen molar-refractivity contribution in [1.29, 1.82) is 0 Å². The molecule has 5 rings (SSSR count). The van der Waals surface area contributed by atoms with Crippen LogP contribution in [0.4, 0.5) is 5.95 Å². The molecule has 3 aliphatic heterocycles. The normalized spacial score (nSPS) is 26.1. The number of rotatable bonds is 6. The van der Waals surface area contributed by atoms with Gasteiger partial charge in [0, 0.05) is 81.9 Å². The van der Waals surface area contributed by atoms with E-state index >= 15 is 0 Å². The second kappa shape index (κ2) is 11.3. The molecule has 0 radical (unpaired) electrons. The van der Waals surface area contributed by atoms with E-state index in [0.717, 1.165) is 89.2 Å². The van der Waals surface area contributed by atoms with Gasteiger partial charge in [-0.15, -0.1) is 0 Å². The first-order valence-corrected chi connectivity index (χ1v) is 13.1. The van der Waals surface area contributed by atoms with Crippen LogP contribution in [0.15, 0.2) is 42.7 Å². The third-order valence-electron chi connectivity index (χ3n) is 7.62. The van der Waals surface area contributed by atoms with Gasteiger partial charge in [0.15, 0.2) is 0 Å². The molecule has 4 heterocycles. The van der Waals surface area contributed by atoms with Gasteiger partial charge in [-0.2, -0.15) is 0 Å². The molecule has 7 nitrogen and oxygen atoms in total. The molecule has 3 fully saturated rings. The van der Waals surface area contributed by atoms with Gasteiger partial charge < -0.3 is 14.5 Å². The number of aromatic nitrogens is 2. The van der Waals surface area contributed by atoms with Crippen LogP contribution in [-0.2, 0) is 11.2 Å². The molecule has 184 valence electrons. The molecule has 1 aromatic carbocycles. The van der Waals surface area contributed by atoms with Gasteiger partial charge in [0.1, 0.15) is 0 Å². The lowest BCUT2D eigenvalue weighted by atomic mass is 9.96. The molecular weight excluding hydrogens is 448 g/mol. The number of nitrogens with zero attached hydrogens (tertiary/aromatic N) is 6. The average molecular weight is 485 g/mol. The predicted octanol–water partition coefficient (Wildman–Crippen LogP) is 2.66. The minimum Gasteiger partial charge on any atom is -0.374 e. The fraction of sp³-hybridized carbons (Fsp3) is 0.615. The number of hydrogen-bond acceptors (Lipinski definition) is 7. The zero-order valence-electron chi connectivity index (χ0n) is 20.2. The second-order valence-electron chi connectivity index (χ2n) is 10.0. The minimum absolute atomic E-state index is 0.278. The lowest BCUT2D eigenvalue weighted by molar-refractivity contribution is -0.0932. The third-order valence-corrected chi connectivity index (χ3v) is 7.87. The number of piperazine rings is 1. The Morgan fingerprint density at radius 3 is 2.38 bits per heavy atom. The maximum atomic E-state index is 6.47. The Morgan fingerprint density at radius 2 is 1.68 bits per heavy atom. The molecule has 34 heavy (non-hydrogen) atoms. The Bertz CT molecular complexity index is 884. The fourth-order valence-electron chi connectivity index (χ4n) is 5.58. The molecule has 0 spiro atoms. The summed E-state index contributed by atoms with van der Waals surface area (Å²) >= 11 is 6.13. The number of ether oxygens (including phenoxy) is 1. The van der Waals surface area contributed by atoms with Crippen LogP contribution in [0.1, 0.15) is 18.4 Å². The van der Waals surface area contributed by atoms with Crippen LogP contribution < -0.4 is 4.90 Å². The maximum absolute atomic E-state index is 6.47. The molecule has 3 saturated heterocycles. The summed E-state index contributed by atoms with van der Waals surface area (Å²) in [5.74, 6) is 0.855. The number of hydrogen-bond donors (Lipinski definition) is 0. The monoisotopic (exact) mass is 484 g/mol. The zero-order chi connectivity index (χ0) is 23.3. The zero-order valence-corrected chi connectivity index (χ0v) is 21.0. The molecule has 0 saturated carbocycles. The number of halogens is 1. The summed E-state index contributed by atoms with van der Waals surface area (Å²) < 4.78 is 6.47. The van der Waals surface area contributed by atoms with Gasteiger partial charge >= 0.3 is 0 Å². The first-order valence-electron chi connectivity index (χ1n) is 12.7. The highest BCUT2D eigenvalue weighted by Gasteiger charge is 2.36. The van der Waals surface area contributed by atoms with Crippen LogP contribution in [0.2, 0.25) is 5.02 Å². The van der Waals surface area contributed by atoms with Crippen molar-refractivity contribution in [3.05, 3.63) is 53.3 Å². The van der Waals surface area contributed by atoms with Crippen molar-refractivity contribution in [3.8, 4) is 0 Å². The number of likely N-dealkylation sites (N-methyl/N-ethyl adjacent to an activating group) is 1. The topological polar surface area (TPSA) is 48.0 Å². The van der Waals surface area contributed by atoms with Crippen molar-refractivity contribution in [3.63, 3.8) is 0 Å². The summed E-state index contributed by atoms with van der Waals surface area (Å²) in [6.07, 6.45) is 7.22. The van der Waals surface area contributed by atoms with Crippen LogP contribution in [0.3, 0.4) is 0 Å². The van der Waals surface area contributed by atoms with Crippen molar-refractivity contribution in [2.75, 3.05) is 70.9 Å². The highest BCUT2D eigenvalue weighted by Crippen LogP contribution is 2.27. The molecule has 8 heteroatoms. The largest absolute Gasteiger partial charge is 0.374 e. The van der Waals surface area contributed by atoms with E-state index in [0.29, 0.717) is 12.1 Å². The van der Waals surface area contributed by atoms with E-state index in [4.69, 9.17) is 16.3 Å². The van der Waals surface area contributed by atoms with E-state index in [-0.39, 0.29) is 6.10 Å². The SMILES string of the molecule is CN1CCN(C[C@H]2CN(C3CCN(c4ncccn4)CC3)C(Cc3ccc(Cl)cc3)CO2)CC1. The van der Waals surface area contributed by atoms with Gasteiger partial charge in [-0.25, -0.2) is 9.97 Å². The summed E-state index contributed by atoms with van der Waals surface area (Å²) in [5, 5.41) is 0.795. The Balaban J connectivity index is 1.24. The molecule has 0 bridgehead atoms. The van der Waals surface area contributed by atoms with Gasteiger partial charge in [-0.3, -0.25) is 9.80 Å². The van der Waals surface area contributed by atoms with Gasteiger partial charge in [0.2, 0.25) is 5.95 Å². The molecule has 3 aliphatic rings. The second-order valence-corrected chi connectivity index (χ2v) is 10.4. The van der Waals surface area contributed by atoms with Gasteiger partial charge in [-0.1, -0.05) is 23.7 Å². The molecule has 2 atom stereocenters. The van der Waals surface area contributed by atoms with Crippen molar-refractivity contribution in [1.82, 2.24) is 24.7 Å². The Hall–Kier alpha value is -1.77. The van der Waals surface area contributed by atoms with Gasteiger partial charge in [-0.05, 0) is 50.1 Å². The maximum Gasteiger partial charge on any atom is 0.225 e. The van der Waals surface area contributed by atoms with Gasteiger partial charge in [0.05, 0.1) is 12.7 Å². The molecular formula is C26H37ClN6O. The lowest BCUT2D eigenvalue weighted by Crippen LogP contribution is -2.59. The summed E-state index contributed by atoms with van der Waals surface area (Å²) in [6, 6.07) is 11.2. The first kappa shape index (κ1) is 23.9. The van der Waals surface area contributed by atoms with Crippen molar-refractivity contribution >= 4 is 17.5 Å². The number of piperidine rings is 1. The molecule has 2 aromatic rings. The molecule has 0 N–H and O–H groups in total. The van der Waals surface area contributed by atoms with Crippen LogP contribution in [-0.4, -0.2) is 109 Å². The molecule has 1 aromatic heterocycles. The quantitative estimate of drug-likeness (QED) is 0.624. The van der Waals surface area contributed by atoms with Crippen LogP contribution in [0.25, 0.3) is 0 Å². The first-order chi connectivity index (χ1) is 16.6. The van der Waals surface area contributed by atoms with E-state index in [1.54, 1.807) is 0 Å². The Labute approximate surface area is 208 Å². The van der Waals surface area contributed by atoms with Crippen molar-refractivity contribution in [2.45, 2.75) is 37.5 Å². The third kappa shape index (κ3) is 6.07. The molecule has 1 unspecified atom stereocenters. The van der Waals surface area contributed by atoms with Crippen LogP contribution in [0.5, 0.6) is 0 Å². The van der Waals surface area contributed by atoms with Crippen LogP contribution in [0, 0.1) is 0 Å². The lowest BCUT2D eigenvalue weighted by Gasteiger charge is -2.47. The van der Waals surface area contributed by atoms with E-state index in [1.165, 1.54) is 5.56 Å². The van der Waals surface area contributed by atoms with E-state index in [9.17, 15) is 0 Å². The summed E-state index contributed by atoms with van der Waals surface area (Å²) in [4.78, 5) is 19.0. The average Bonchev–Trinajstić information content (AvgIpc) is 2.88. The number of anilines is 1. The van der Waals surface area contributed by atoms with E-state index < -0.39 is 0 Å². The number of morpholine rings is 1. The van der Waals surface area contributed by atoms with E-state index in [2.05, 4.69) is 48.7 Å². The fourth-order valence-corrected chi connectivity index (χ4v) is 5.70. The standard InChI is InChI=1S/C26H37ClN6O/c1-30-13-15-31(16-14-30)18-25-19-33(24(20-34-25)17-21-3-5-22(27)6-4-21)23-7-11-32(12-8-23)26-28-9-2-10-29-26/h2-6,9-10,23-25H,7-8,11-20H2,1H3/t24?,25-/m0/s1. The van der Waals surface area contributed by atoms with Crippen molar-refractivity contribution < 1.29 is 4.74 Å². The summed E-state index contributed by atoms with van der Waals surface area (Å²) in [5.41, 5.74) is 1.33. The van der Waals surface area contributed by atoms with Crippen LogP contribution >= 0.6 is 11.6 Å². The highest BCUT2D eigenvalue weighted by atomic mass is 35.5. The minimum atomic E-state index is 0.278. The molecule has 0 aliphatic carbocycles.